The van der Waals surface area contributed by atoms with Gasteiger partial charge in [0.2, 0.25) is 0 Å². The maximum atomic E-state index is 11.4. The molecule has 106 valence electrons. The molecule has 0 radical (unpaired) electrons. The molecule has 0 heterocycles. The molecule has 1 amide bonds. The molecule has 0 saturated heterocycles. The number of aryl methyl sites for hydroxylation is 1. The lowest BCUT2D eigenvalue weighted by atomic mass is 10.1. The summed E-state index contributed by atoms with van der Waals surface area (Å²) in [6.07, 6.45) is 1.15. The first-order chi connectivity index (χ1) is 8.78. The van der Waals surface area contributed by atoms with E-state index in [1.807, 2.05) is 26.8 Å². The zero-order chi connectivity index (χ0) is 14.5. The summed E-state index contributed by atoms with van der Waals surface area (Å²) >= 11 is 0. The highest BCUT2D eigenvalue weighted by molar-refractivity contribution is 5.67. The van der Waals surface area contributed by atoms with Gasteiger partial charge in [-0.2, -0.15) is 0 Å². The Balaban J connectivity index is 2.27. The lowest BCUT2D eigenvalue weighted by Crippen LogP contribution is -2.33. The van der Waals surface area contributed by atoms with Crippen LogP contribution in [0.25, 0.3) is 0 Å². The number of amides is 1. The van der Waals surface area contributed by atoms with Crippen LogP contribution in [-0.4, -0.2) is 23.3 Å². The number of benzene rings is 1. The molecule has 0 aromatic heterocycles. The van der Waals surface area contributed by atoms with Gasteiger partial charge in [-0.25, -0.2) is 4.79 Å². The van der Waals surface area contributed by atoms with Crippen molar-refractivity contribution >= 4 is 11.8 Å². The normalized spacial score (nSPS) is 11.1. The molecule has 0 unspecified atom stereocenters. The molecule has 0 spiro atoms. The fraction of sp³-hybridized carbons (Fsp3) is 0.500. The first-order valence-corrected chi connectivity index (χ1v) is 6.32. The maximum absolute atomic E-state index is 11.4. The molecule has 0 aliphatic heterocycles. The van der Waals surface area contributed by atoms with Crippen LogP contribution in [0, 0.1) is 0 Å². The maximum Gasteiger partial charge on any atom is 0.407 e. The van der Waals surface area contributed by atoms with Crippen molar-refractivity contribution in [1.82, 2.24) is 5.32 Å². The number of carbonyl (C=O) groups excluding carboxylic acids is 1. The quantitative estimate of drug-likeness (QED) is 0.444. The fourth-order valence-electron chi connectivity index (χ4n) is 1.56. The van der Waals surface area contributed by atoms with Gasteiger partial charge in [-0.3, -0.25) is 0 Å². The fourth-order valence-corrected chi connectivity index (χ4v) is 1.56. The molecule has 0 aliphatic rings. The van der Waals surface area contributed by atoms with Gasteiger partial charge >= 0.3 is 6.09 Å². The Hall–Kier alpha value is -1.91. The number of phenols is 1. The van der Waals surface area contributed by atoms with Gasteiger partial charge in [-0.15, -0.1) is 0 Å². The highest BCUT2D eigenvalue weighted by Gasteiger charge is 2.15. The van der Waals surface area contributed by atoms with E-state index >= 15 is 0 Å². The predicted molar refractivity (Wildman–Crippen MR) is 75.1 cm³/mol. The summed E-state index contributed by atoms with van der Waals surface area (Å²) in [5.74, 6) is 0.0932. The second-order valence-electron chi connectivity index (χ2n) is 5.43. The Morgan fingerprint density at radius 2 is 2.11 bits per heavy atom. The van der Waals surface area contributed by atoms with E-state index in [9.17, 15) is 9.90 Å². The van der Waals surface area contributed by atoms with E-state index in [1.54, 1.807) is 12.1 Å². The van der Waals surface area contributed by atoms with Crippen LogP contribution in [-0.2, 0) is 11.2 Å². The molecular weight excluding hydrogens is 244 g/mol. The van der Waals surface area contributed by atoms with E-state index < -0.39 is 11.7 Å². The number of hydrogen-bond acceptors (Lipinski definition) is 4. The SMILES string of the molecule is CC(C)(C)OC(=O)NCCCc1ccc(O)c(N)c1. The lowest BCUT2D eigenvalue weighted by molar-refractivity contribution is 0.0527. The van der Waals surface area contributed by atoms with Crippen molar-refractivity contribution in [2.24, 2.45) is 0 Å². The molecule has 1 aromatic rings. The van der Waals surface area contributed by atoms with E-state index in [2.05, 4.69) is 5.32 Å². The zero-order valence-electron chi connectivity index (χ0n) is 11.7. The van der Waals surface area contributed by atoms with Crippen molar-refractivity contribution in [3.05, 3.63) is 23.8 Å². The van der Waals surface area contributed by atoms with E-state index in [1.165, 1.54) is 0 Å². The first kappa shape index (κ1) is 15.1. The molecule has 0 fully saturated rings. The number of rotatable bonds is 4. The van der Waals surface area contributed by atoms with Crippen molar-refractivity contribution < 1.29 is 14.6 Å². The van der Waals surface area contributed by atoms with Crippen molar-refractivity contribution in [2.75, 3.05) is 12.3 Å². The van der Waals surface area contributed by atoms with Crippen LogP contribution < -0.4 is 11.1 Å². The average Bonchev–Trinajstić information content (AvgIpc) is 2.27. The lowest BCUT2D eigenvalue weighted by Gasteiger charge is -2.19. The van der Waals surface area contributed by atoms with Crippen LogP contribution in [0.2, 0.25) is 0 Å². The van der Waals surface area contributed by atoms with Gasteiger partial charge in [0.25, 0.3) is 0 Å². The summed E-state index contributed by atoms with van der Waals surface area (Å²) in [6, 6.07) is 5.13. The number of alkyl carbamates (subject to hydrolysis) is 1. The third-order valence-electron chi connectivity index (χ3n) is 2.40. The number of hydrogen-bond donors (Lipinski definition) is 3. The summed E-state index contributed by atoms with van der Waals surface area (Å²) < 4.78 is 5.12. The summed E-state index contributed by atoms with van der Waals surface area (Å²) in [4.78, 5) is 11.4. The standard InChI is InChI=1S/C14H22N2O3/c1-14(2,3)19-13(18)16-8-4-5-10-6-7-12(17)11(15)9-10/h6-7,9,17H,4-5,8,15H2,1-3H3,(H,16,18). The van der Waals surface area contributed by atoms with Crippen LogP contribution in [0.4, 0.5) is 10.5 Å². The molecule has 0 aliphatic carbocycles. The molecule has 5 nitrogen and oxygen atoms in total. The smallest absolute Gasteiger partial charge is 0.407 e. The van der Waals surface area contributed by atoms with Gasteiger partial charge in [0, 0.05) is 6.54 Å². The number of ether oxygens (including phenoxy) is 1. The predicted octanol–water partition coefficient (Wildman–Crippen LogP) is 2.43. The Kier molecular flexibility index (Phi) is 5.03. The molecule has 0 bridgehead atoms. The van der Waals surface area contributed by atoms with Gasteiger partial charge < -0.3 is 20.9 Å². The van der Waals surface area contributed by atoms with Gasteiger partial charge in [-0.05, 0) is 51.3 Å². The summed E-state index contributed by atoms with van der Waals surface area (Å²) in [6.45, 7) is 6.01. The number of nitrogens with one attached hydrogen (secondary N) is 1. The second kappa shape index (κ2) is 6.31. The molecule has 5 heteroatoms. The number of anilines is 1. The number of phenolic OH excluding ortho intramolecular Hbond substituents is 1. The minimum atomic E-state index is -0.477. The number of carbonyl (C=O) groups is 1. The Bertz CT molecular complexity index is 439. The van der Waals surface area contributed by atoms with E-state index in [-0.39, 0.29) is 5.75 Å². The van der Waals surface area contributed by atoms with Gasteiger partial charge in [0.1, 0.15) is 11.4 Å². The van der Waals surface area contributed by atoms with Crippen LogP contribution in [0.15, 0.2) is 18.2 Å². The van der Waals surface area contributed by atoms with Crippen molar-refractivity contribution in [2.45, 2.75) is 39.2 Å². The minimum Gasteiger partial charge on any atom is -0.506 e. The summed E-state index contributed by atoms with van der Waals surface area (Å²) in [7, 11) is 0. The molecular formula is C14H22N2O3. The Morgan fingerprint density at radius 1 is 1.42 bits per heavy atom. The van der Waals surface area contributed by atoms with Crippen LogP contribution in [0.1, 0.15) is 32.8 Å². The Morgan fingerprint density at radius 3 is 2.68 bits per heavy atom. The molecule has 1 aromatic carbocycles. The highest BCUT2D eigenvalue weighted by Crippen LogP contribution is 2.20. The zero-order valence-corrected chi connectivity index (χ0v) is 11.7. The number of nitrogen functional groups attached to an aromatic ring is 1. The van der Waals surface area contributed by atoms with E-state index in [0.29, 0.717) is 12.2 Å². The van der Waals surface area contributed by atoms with Crippen LogP contribution >= 0.6 is 0 Å². The Labute approximate surface area is 113 Å². The van der Waals surface area contributed by atoms with Gasteiger partial charge in [0.05, 0.1) is 5.69 Å². The summed E-state index contributed by atoms with van der Waals surface area (Å²) in [5, 5.41) is 12.0. The third kappa shape index (κ3) is 5.99. The molecule has 1 rings (SSSR count). The molecule has 4 N–H and O–H groups in total. The largest absolute Gasteiger partial charge is 0.506 e. The van der Waals surface area contributed by atoms with Crippen molar-refractivity contribution in [3.8, 4) is 5.75 Å². The number of aromatic hydroxyl groups is 1. The first-order valence-electron chi connectivity index (χ1n) is 6.32. The van der Waals surface area contributed by atoms with E-state index in [0.717, 1.165) is 18.4 Å². The molecule has 19 heavy (non-hydrogen) atoms. The van der Waals surface area contributed by atoms with Crippen LogP contribution in [0.5, 0.6) is 5.75 Å². The number of nitrogens with two attached hydrogens (primary N) is 1. The summed E-state index contributed by atoms with van der Waals surface area (Å²) in [5.41, 5.74) is 6.53. The molecule has 0 saturated carbocycles. The van der Waals surface area contributed by atoms with Crippen molar-refractivity contribution in [3.63, 3.8) is 0 Å². The topological polar surface area (TPSA) is 84.6 Å². The van der Waals surface area contributed by atoms with Crippen molar-refractivity contribution in [1.29, 1.82) is 0 Å². The van der Waals surface area contributed by atoms with E-state index in [4.69, 9.17) is 10.5 Å². The molecule has 0 atom stereocenters. The monoisotopic (exact) mass is 266 g/mol. The minimum absolute atomic E-state index is 0.0932. The highest BCUT2D eigenvalue weighted by atomic mass is 16.6. The van der Waals surface area contributed by atoms with Gasteiger partial charge in [0.15, 0.2) is 0 Å². The van der Waals surface area contributed by atoms with Gasteiger partial charge in [-0.1, -0.05) is 6.07 Å². The van der Waals surface area contributed by atoms with Crippen LogP contribution in [0.3, 0.4) is 0 Å². The average molecular weight is 266 g/mol. The second-order valence-corrected chi connectivity index (χ2v) is 5.43. The third-order valence-corrected chi connectivity index (χ3v) is 2.40.